The van der Waals surface area contributed by atoms with Crippen LogP contribution in [0.2, 0.25) is 0 Å². The number of hydrogen-bond donors (Lipinski definition) is 2. The number of esters is 1. The Labute approximate surface area is 144 Å². The maximum absolute atomic E-state index is 13.1. The Balaban J connectivity index is 1.98. The van der Waals surface area contributed by atoms with Crippen LogP contribution < -0.4 is 10.6 Å². The lowest BCUT2D eigenvalue weighted by Crippen LogP contribution is -2.22. The van der Waals surface area contributed by atoms with Gasteiger partial charge in [-0.25, -0.2) is 9.18 Å². The lowest BCUT2D eigenvalue weighted by Gasteiger charge is -2.10. The van der Waals surface area contributed by atoms with Crippen LogP contribution in [0.3, 0.4) is 0 Å². The van der Waals surface area contributed by atoms with Crippen molar-refractivity contribution in [2.45, 2.75) is 13.3 Å². The number of carbonyl (C=O) groups is 3. The second kappa shape index (κ2) is 8.58. The fraction of sp³-hybridized carbons (Fsp3) is 0.167. The number of para-hydroxylation sites is 1. The number of rotatable bonds is 6. The van der Waals surface area contributed by atoms with Gasteiger partial charge in [-0.05, 0) is 37.3 Å². The van der Waals surface area contributed by atoms with Gasteiger partial charge in [-0.2, -0.15) is 0 Å². The Morgan fingerprint density at radius 2 is 1.72 bits per heavy atom. The summed E-state index contributed by atoms with van der Waals surface area (Å²) in [7, 11) is 0. The summed E-state index contributed by atoms with van der Waals surface area (Å²) < 4.78 is 18.0. The van der Waals surface area contributed by atoms with Crippen molar-refractivity contribution < 1.29 is 23.5 Å². The number of anilines is 2. The first-order valence-corrected chi connectivity index (χ1v) is 7.61. The number of hydrogen-bond acceptors (Lipinski definition) is 4. The summed E-state index contributed by atoms with van der Waals surface area (Å²) in [6.45, 7) is 1.88. The van der Waals surface area contributed by atoms with Gasteiger partial charge in [0.2, 0.25) is 11.8 Å². The highest BCUT2D eigenvalue weighted by molar-refractivity contribution is 6.09. The van der Waals surface area contributed by atoms with E-state index < -0.39 is 30.0 Å². The monoisotopic (exact) mass is 344 g/mol. The average molecular weight is 344 g/mol. The van der Waals surface area contributed by atoms with E-state index >= 15 is 0 Å². The third-order valence-corrected chi connectivity index (χ3v) is 3.13. The van der Waals surface area contributed by atoms with Crippen LogP contribution >= 0.6 is 0 Å². The summed E-state index contributed by atoms with van der Waals surface area (Å²) in [4.78, 5) is 35.7. The first-order valence-electron chi connectivity index (χ1n) is 7.61. The second-order valence-electron chi connectivity index (χ2n) is 5.05. The normalized spacial score (nSPS) is 10.0. The van der Waals surface area contributed by atoms with E-state index in [1.54, 1.807) is 19.1 Å². The van der Waals surface area contributed by atoms with E-state index in [-0.39, 0.29) is 23.5 Å². The molecule has 0 aromatic heterocycles. The molecule has 0 spiro atoms. The van der Waals surface area contributed by atoms with E-state index in [9.17, 15) is 18.8 Å². The van der Waals surface area contributed by atoms with Gasteiger partial charge in [-0.3, -0.25) is 9.59 Å². The zero-order valence-electron chi connectivity index (χ0n) is 13.5. The van der Waals surface area contributed by atoms with Gasteiger partial charge in [-0.1, -0.05) is 18.2 Å². The van der Waals surface area contributed by atoms with E-state index in [0.717, 1.165) is 6.07 Å². The molecule has 0 atom stereocenters. The van der Waals surface area contributed by atoms with Crippen molar-refractivity contribution in [1.29, 1.82) is 0 Å². The lowest BCUT2D eigenvalue weighted by atomic mass is 10.1. The molecule has 0 saturated heterocycles. The molecule has 0 heterocycles. The van der Waals surface area contributed by atoms with E-state index in [1.165, 1.54) is 30.3 Å². The predicted molar refractivity (Wildman–Crippen MR) is 90.7 cm³/mol. The molecule has 25 heavy (non-hydrogen) atoms. The van der Waals surface area contributed by atoms with Crippen molar-refractivity contribution >= 4 is 29.2 Å². The number of carbonyl (C=O) groups excluding carboxylic acids is 3. The van der Waals surface area contributed by atoms with E-state index in [0.29, 0.717) is 0 Å². The quantitative estimate of drug-likeness (QED) is 0.623. The molecule has 0 fully saturated rings. The van der Waals surface area contributed by atoms with Crippen LogP contribution in [0.15, 0.2) is 48.5 Å². The molecule has 0 aliphatic rings. The third-order valence-electron chi connectivity index (χ3n) is 3.13. The predicted octanol–water partition coefficient (Wildman–Crippen LogP) is 2.97. The van der Waals surface area contributed by atoms with Crippen molar-refractivity contribution in [2.75, 3.05) is 17.2 Å². The third kappa shape index (κ3) is 5.42. The van der Waals surface area contributed by atoms with Gasteiger partial charge in [-0.15, -0.1) is 0 Å². The summed E-state index contributed by atoms with van der Waals surface area (Å²) >= 11 is 0. The maximum Gasteiger partial charge on any atom is 0.340 e. The van der Waals surface area contributed by atoms with Crippen LogP contribution in [-0.4, -0.2) is 24.4 Å². The molecule has 0 unspecified atom stereocenters. The minimum atomic E-state index is -0.606. The molecule has 0 aliphatic carbocycles. The van der Waals surface area contributed by atoms with Gasteiger partial charge in [0.25, 0.3) is 0 Å². The van der Waals surface area contributed by atoms with Gasteiger partial charge in [0.15, 0.2) is 0 Å². The highest BCUT2D eigenvalue weighted by Gasteiger charge is 2.16. The maximum atomic E-state index is 13.1. The van der Waals surface area contributed by atoms with Crippen LogP contribution in [0, 0.1) is 5.82 Å². The summed E-state index contributed by atoms with van der Waals surface area (Å²) in [6.07, 6.45) is -0.478. The van der Waals surface area contributed by atoms with Crippen molar-refractivity contribution in [1.82, 2.24) is 0 Å². The fourth-order valence-corrected chi connectivity index (χ4v) is 2.09. The number of nitrogens with one attached hydrogen (secondary N) is 2. The van der Waals surface area contributed by atoms with Crippen LogP contribution in [0.25, 0.3) is 0 Å². The minimum absolute atomic E-state index is 0.197. The number of benzene rings is 2. The van der Waals surface area contributed by atoms with Crippen LogP contribution in [-0.2, 0) is 14.3 Å². The van der Waals surface area contributed by atoms with Crippen molar-refractivity contribution in [3.05, 3.63) is 59.9 Å². The molecule has 2 rings (SSSR count). The summed E-state index contributed by atoms with van der Waals surface area (Å²) in [5.74, 6) is -2.27. The van der Waals surface area contributed by atoms with Gasteiger partial charge in [0.1, 0.15) is 12.2 Å². The van der Waals surface area contributed by atoms with Crippen LogP contribution in [0.1, 0.15) is 23.7 Å². The molecular formula is C18H17FN2O4. The molecule has 0 aliphatic heterocycles. The standard InChI is InChI=1S/C18H17FN2O4/c1-2-25-18(24)14-8-3-4-9-15(14)21-17(23)11-16(22)20-13-7-5-6-12(19)10-13/h3-10H,2,11H2,1H3,(H,20,22)(H,21,23). The molecule has 0 saturated carbocycles. The SMILES string of the molecule is CCOC(=O)c1ccccc1NC(=O)CC(=O)Nc1cccc(F)c1. The molecule has 2 amide bonds. The summed E-state index contributed by atoms with van der Waals surface area (Å²) in [5.41, 5.74) is 0.706. The zero-order chi connectivity index (χ0) is 18.2. The number of ether oxygens (including phenoxy) is 1. The number of amides is 2. The Morgan fingerprint density at radius 1 is 1.00 bits per heavy atom. The van der Waals surface area contributed by atoms with E-state index in [2.05, 4.69) is 10.6 Å². The highest BCUT2D eigenvalue weighted by atomic mass is 19.1. The van der Waals surface area contributed by atoms with Gasteiger partial charge in [0, 0.05) is 5.69 Å². The summed E-state index contributed by atoms with van der Waals surface area (Å²) in [5, 5.41) is 4.93. The van der Waals surface area contributed by atoms with Crippen LogP contribution in [0.5, 0.6) is 0 Å². The average Bonchev–Trinajstić information content (AvgIpc) is 2.55. The van der Waals surface area contributed by atoms with E-state index in [1.807, 2.05) is 0 Å². The van der Waals surface area contributed by atoms with Crippen LogP contribution in [0.4, 0.5) is 15.8 Å². The van der Waals surface area contributed by atoms with Gasteiger partial charge < -0.3 is 15.4 Å². The van der Waals surface area contributed by atoms with Crippen molar-refractivity contribution in [3.63, 3.8) is 0 Å². The lowest BCUT2D eigenvalue weighted by molar-refractivity contribution is -0.123. The Kier molecular flexibility index (Phi) is 6.22. The molecule has 2 N–H and O–H groups in total. The largest absolute Gasteiger partial charge is 0.462 e. The van der Waals surface area contributed by atoms with Gasteiger partial charge >= 0.3 is 5.97 Å². The minimum Gasteiger partial charge on any atom is -0.462 e. The van der Waals surface area contributed by atoms with E-state index in [4.69, 9.17) is 4.74 Å². The Hall–Kier alpha value is -3.22. The molecule has 0 bridgehead atoms. The molecule has 0 radical (unpaired) electrons. The zero-order valence-corrected chi connectivity index (χ0v) is 13.5. The molecule has 7 heteroatoms. The highest BCUT2D eigenvalue weighted by Crippen LogP contribution is 2.17. The Bertz CT molecular complexity index is 792. The molecule has 2 aromatic carbocycles. The fourth-order valence-electron chi connectivity index (χ4n) is 2.09. The van der Waals surface area contributed by atoms with Crippen molar-refractivity contribution in [3.8, 4) is 0 Å². The molecule has 6 nitrogen and oxygen atoms in total. The smallest absolute Gasteiger partial charge is 0.340 e. The number of halogens is 1. The summed E-state index contributed by atoms with van der Waals surface area (Å²) in [6, 6.07) is 11.7. The Morgan fingerprint density at radius 3 is 2.44 bits per heavy atom. The van der Waals surface area contributed by atoms with Gasteiger partial charge in [0.05, 0.1) is 17.9 Å². The van der Waals surface area contributed by atoms with Crippen molar-refractivity contribution in [2.24, 2.45) is 0 Å². The second-order valence-corrected chi connectivity index (χ2v) is 5.05. The first-order chi connectivity index (χ1) is 12.0. The first kappa shape index (κ1) is 18.1. The molecule has 2 aromatic rings. The molecule has 130 valence electrons. The molecular weight excluding hydrogens is 327 g/mol. The topological polar surface area (TPSA) is 84.5 Å².